The van der Waals surface area contributed by atoms with Gasteiger partial charge in [0.25, 0.3) is 5.91 Å². The second-order valence-electron chi connectivity index (χ2n) is 3.18. The SMILES string of the molecule is C#C[C@@]1(O)C[C@H](C(F)(F)F)N(C)C1=O. The average Bonchev–Trinajstić information content (AvgIpc) is 2.30. The van der Waals surface area contributed by atoms with Gasteiger partial charge in [0.2, 0.25) is 5.60 Å². The Morgan fingerprint density at radius 3 is 2.43 bits per heavy atom. The summed E-state index contributed by atoms with van der Waals surface area (Å²) in [6.07, 6.45) is -0.556. The van der Waals surface area contributed by atoms with Crippen molar-refractivity contribution in [2.75, 3.05) is 7.05 Å². The van der Waals surface area contributed by atoms with Crippen LogP contribution in [0.1, 0.15) is 6.42 Å². The van der Waals surface area contributed by atoms with Crippen LogP contribution in [0.15, 0.2) is 0 Å². The number of rotatable bonds is 0. The molecule has 0 aromatic carbocycles. The first kappa shape index (κ1) is 10.9. The largest absolute Gasteiger partial charge is 0.408 e. The standard InChI is InChI=1S/C8H8F3NO2/c1-3-7(14)4-5(8(9,10)11)12(2)6(7)13/h1,5,14H,4H2,2H3/t5-,7-/m1/s1. The van der Waals surface area contributed by atoms with Gasteiger partial charge in [-0.3, -0.25) is 4.79 Å². The van der Waals surface area contributed by atoms with E-state index in [0.717, 1.165) is 7.05 Å². The second kappa shape index (κ2) is 2.89. The summed E-state index contributed by atoms with van der Waals surface area (Å²) >= 11 is 0. The number of carbonyl (C=O) groups is 1. The fourth-order valence-electron chi connectivity index (χ4n) is 1.39. The number of nitrogens with zero attached hydrogens (tertiary/aromatic N) is 1. The van der Waals surface area contributed by atoms with Crippen molar-refractivity contribution in [3.63, 3.8) is 0 Å². The topological polar surface area (TPSA) is 40.5 Å². The predicted octanol–water partition coefficient (Wildman–Crippen LogP) is 0.144. The molecule has 1 heterocycles. The molecule has 0 aliphatic carbocycles. The van der Waals surface area contributed by atoms with Gasteiger partial charge in [-0.05, 0) is 0 Å². The van der Waals surface area contributed by atoms with E-state index in [1.54, 1.807) is 5.92 Å². The molecule has 2 atom stereocenters. The maximum absolute atomic E-state index is 12.3. The van der Waals surface area contributed by atoms with Crippen molar-refractivity contribution in [3.8, 4) is 12.3 Å². The lowest BCUT2D eigenvalue weighted by atomic mass is 10.0. The van der Waals surface area contributed by atoms with E-state index in [4.69, 9.17) is 6.42 Å². The van der Waals surface area contributed by atoms with Gasteiger partial charge in [0.05, 0.1) is 0 Å². The summed E-state index contributed by atoms with van der Waals surface area (Å²) in [5, 5.41) is 9.35. The number of carbonyl (C=O) groups excluding carboxylic acids is 1. The quantitative estimate of drug-likeness (QED) is 0.574. The first-order valence-corrected chi connectivity index (χ1v) is 3.76. The summed E-state index contributed by atoms with van der Waals surface area (Å²) in [6.45, 7) is 0. The molecule has 0 radical (unpaired) electrons. The van der Waals surface area contributed by atoms with Crippen LogP contribution in [-0.2, 0) is 4.79 Å². The van der Waals surface area contributed by atoms with Gasteiger partial charge >= 0.3 is 6.18 Å². The van der Waals surface area contributed by atoms with Gasteiger partial charge in [-0.25, -0.2) is 0 Å². The number of hydrogen-bond donors (Lipinski definition) is 1. The van der Waals surface area contributed by atoms with Crippen molar-refractivity contribution in [2.45, 2.75) is 24.2 Å². The van der Waals surface area contributed by atoms with Crippen LogP contribution in [0, 0.1) is 12.3 Å². The Morgan fingerprint density at radius 1 is 1.71 bits per heavy atom. The van der Waals surface area contributed by atoms with Crippen molar-refractivity contribution in [1.29, 1.82) is 0 Å². The molecule has 0 aromatic heterocycles. The van der Waals surface area contributed by atoms with Crippen molar-refractivity contribution in [3.05, 3.63) is 0 Å². The third-order valence-corrected chi connectivity index (χ3v) is 2.25. The summed E-state index contributed by atoms with van der Waals surface area (Å²) in [4.78, 5) is 11.6. The minimum atomic E-state index is -4.56. The van der Waals surface area contributed by atoms with Crippen LogP contribution in [0.3, 0.4) is 0 Å². The Balaban J connectivity index is 3.01. The zero-order valence-corrected chi connectivity index (χ0v) is 7.30. The van der Waals surface area contributed by atoms with Crippen molar-refractivity contribution >= 4 is 5.91 Å². The van der Waals surface area contributed by atoms with Gasteiger partial charge in [-0.15, -0.1) is 6.42 Å². The highest BCUT2D eigenvalue weighted by atomic mass is 19.4. The van der Waals surface area contributed by atoms with Crippen LogP contribution < -0.4 is 0 Å². The Hall–Kier alpha value is -1.22. The molecule has 0 unspecified atom stereocenters. The number of likely N-dealkylation sites (N-methyl/N-ethyl adjacent to an activating group) is 1. The molecule has 1 amide bonds. The highest BCUT2D eigenvalue weighted by molar-refractivity contribution is 5.90. The van der Waals surface area contributed by atoms with E-state index < -0.39 is 30.1 Å². The number of halogens is 3. The van der Waals surface area contributed by atoms with Gasteiger partial charge in [0, 0.05) is 13.5 Å². The Kier molecular flexibility index (Phi) is 2.24. The summed E-state index contributed by atoms with van der Waals surface area (Å²) < 4.78 is 36.9. The fraction of sp³-hybridized carbons (Fsp3) is 0.625. The molecule has 0 aromatic rings. The third kappa shape index (κ3) is 1.44. The summed E-state index contributed by atoms with van der Waals surface area (Å²) in [5.41, 5.74) is -2.31. The van der Waals surface area contributed by atoms with Gasteiger partial charge < -0.3 is 10.0 Å². The second-order valence-corrected chi connectivity index (χ2v) is 3.18. The van der Waals surface area contributed by atoms with E-state index in [9.17, 15) is 23.1 Å². The van der Waals surface area contributed by atoms with Gasteiger partial charge in [-0.1, -0.05) is 5.92 Å². The molecule has 1 saturated heterocycles. The van der Waals surface area contributed by atoms with Crippen LogP contribution in [0.2, 0.25) is 0 Å². The van der Waals surface area contributed by atoms with Gasteiger partial charge in [-0.2, -0.15) is 13.2 Å². The normalized spacial score (nSPS) is 33.3. The van der Waals surface area contributed by atoms with E-state index in [-0.39, 0.29) is 0 Å². The van der Waals surface area contributed by atoms with Gasteiger partial charge in [0.1, 0.15) is 6.04 Å². The molecule has 3 nitrogen and oxygen atoms in total. The first-order chi connectivity index (χ1) is 6.22. The molecular weight excluding hydrogens is 199 g/mol. The monoisotopic (exact) mass is 207 g/mol. The highest BCUT2D eigenvalue weighted by Crippen LogP contribution is 2.36. The highest BCUT2D eigenvalue weighted by Gasteiger charge is 2.57. The fourth-order valence-corrected chi connectivity index (χ4v) is 1.39. The number of alkyl halides is 3. The minimum absolute atomic E-state index is 0.430. The molecule has 0 spiro atoms. The zero-order valence-electron chi connectivity index (χ0n) is 7.30. The maximum Gasteiger partial charge on any atom is 0.408 e. The lowest BCUT2D eigenvalue weighted by Gasteiger charge is -2.21. The van der Waals surface area contributed by atoms with Crippen LogP contribution in [-0.4, -0.2) is 40.8 Å². The van der Waals surface area contributed by atoms with E-state index in [0.29, 0.717) is 4.90 Å². The molecule has 0 bridgehead atoms. The molecule has 1 aliphatic heterocycles. The predicted molar refractivity (Wildman–Crippen MR) is 41.0 cm³/mol. The van der Waals surface area contributed by atoms with Crippen molar-refractivity contribution < 1.29 is 23.1 Å². The number of amides is 1. The van der Waals surface area contributed by atoms with E-state index >= 15 is 0 Å². The first-order valence-electron chi connectivity index (χ1n) is 3.76. The Labute approximate surface area is 78.5 Å². The number of terminal acetylenes is 1. The lowest BCUT2D eigenvalue weighted by Crippen LogP contribution is -2.41. The molecule has 6 heteroatoms. The molecular formula is C8H8F3NO2. The van der Waals surface area contributed by atoms with Crippen LogP contribution >= 0.6 is 0 Å². The summed E-state index contributed by atoms with van der Waals surface area (Å²) in [6, 6.07) is -2.00. The lowest BCUT2D eigenvalue weighted by molar-refractivity contribution is -0.177. The number of aliphatic hydroxyl groups is 1. The van der Waals surface area contributed by atoms with Crippen molar-refractivity contribution in [1.82, 2.24) is 4.90 Å². The summed E-state index contributed by atoms with van der Waals surface area (Å²) in [5.74, 6) is 0.606. The molecule has 0 saturated carbocycles. The Bertz CT molecular complexity index is 307. The van der Waals surface area contributed by atoms with Crippen molar-refractivity contribution in [2.24, 2.45) is 0 Å². The van der Waals surface area contributed by atoms with E-state index in [1.165, 1.54) is 0 Å². The van der Waals surface area contributed by atoms with E-state index in [2.05, 4.69) is 0 Å². The zero-order chi connectivity index (χ0) is 11.1. The smallest absolute Gasteiger partial charge is 0.369 e. The van der Waals surface area contributed by atoms with Crippen LogP contribution in [0.4, 0.5) is 13.2 Å². The van der Waals surface area contributed by atoms with Gasteiger partial charge in [0.15, 0.2) is 0 Å². The third-order valence-electron chi connectivity index (χ3n) is 2.25. The number of hydrogen-bond acceptors (Lipinski definition) is 2. The molecule has 1 fully saturated rings. The van der Waals surface area contributed by atoms with E-state index in [1.807, 2.05) is 0 Å². The average molecular weight is 207 g/mol. The van der Waals surface area contributed by atoms with Crippen LogP contribution in [0.5, 0.6) is 0 Å². The molecule has 1 aliphatic rings. The van der Waals surface area contributed by atoms with Crippen LogP contribution in [0.25, 0.3) is 0 Å². The maximum atomic E-state index is 12.3. The number of likely N-dealkylation sites (tertiary alicyclic amines) is 1. The molecule has 1 rings (SSSR count). The Morgan fingerprint density at radius 2 is 2.21 bits per heavy atom. The summed E-state index contributed by atoms with van der Waals surface area (Å²) in [7, 11) is 0.968. The molecule has 78 valence electrons. The molecule has 1 N–H and O–H groups in total. The molecule has 14 heavy (non-hydrogen) atoms. The minimum Gasteiger partial charge on any atom is -0.369 e.